The van der Waals surface area contributed by atoms with Gasteiger partial charge in [0.15, 0.2) is 0 Å². The number of amides is 1. The molecule has 2 aromatic carbocycles. The molecule has 1 aliphatic rings. The highest BCUT2D eigenvalue weighted by Gasteiger charge is 2.18. The van der Waals surface area contributed by atoms with Gasteiger partial charge in [-0.1, -0.05) is 18.2 Å². The molecule has 0 aromatic heterocycles. The Morgan fingerprint density at radius 1 is 1.20 bits per heavy atom. The average Bonchev–Trinajstić information content (AvgIpc) is 2.58. The molecule has 0 unspecified atom stereocenters. The van der Waals surface area contributed by atoms with Crippen LogP contribution in [0.1, 0.15) is 34.3 Å². The van der Waals surface area contributed by atoms with Crippen molar-refractivity contribution in [2.45, 2.75) is 32.4 Å². The molecule has 2 aromatic rings. The second kappa shape index (κ2) is 7.68. The van der Waals surface area contributed by atoms with Gasteiger partial charge in [0.25, 0.3) is 5.91 Å². The van der Waals surface area contributed by atoms with Gasteiger partial charge in [-0.3, -0.25) is 9.69 Å². The van der Waals surface area contributed by atoms with Crippen LogP contribution in [0.25, 0.3) is 0 Å². The number of nitrogens with one attached hydrogen (secondary N) is 1. The normalized spacial score (nSPS) is 15.9. The summed E-state index contributed by atoms with van der Waals surface area (Å²) in [6.45, 7) is 4.29. The Balaban J connectivity index is 1.73. The van der Waals surface area contributed by atoms with Crippen molar-refractivity contribution in [1.29, 1.82) is 0 Å². The molecule has 0 radical (unpaired) electrons. The molecule has 3 N–H and O–H groups in total. The van der Waals surface area contributed by atoms with Crippen LogP contribution in [0.4, 0.5) is 5.69 Å². The number of aromatic hydroxyl groups is 1. The number of rotatable bonds is 4. The van der Waals surface area contributed by atoms with Crippen molar-refractivity contribution in [2.75, 3.05) is 18.4 Å². The number of hydrogen-bond acceptors (Lipinski definition) is 4. The largest absolute Gasteiger partial charge is 0.508 e. The summed E-state index contributed by atoms with van der Waals surface area (Å²) < 4.78 is 0. The molecule has 132 valence electrons. The average molecular weight is 340 g/mol. The van der Waals surface area contributed by atoms with Crippen molar-refractivity contribution in [3.8, 4) is 5.75 Å². The molecule has 0 spiro atoms. The second-order valence-electron chi connectivity index (χ2n) is 6.68. The maximum absolute atomic E-state index is 12.5. The van der Waals surface area contributed by atoms with Gasteiger partial charge in [-0.2, -0.15) is 0 Å². The number of phenols is 1. The SMILES string of the molecule is Cc1cc(O)cc(C(=O)Nc2ccccc2CN2CCC(O)CC2)c1. The smallest absolute Gasteiger partial charge is 0.255 e. The Kier molecular flexibility index (Phi) is 5.36. The summed E-state index contributed by atoms with van der Waals surface area (Å²) >= 11 is 0. The quantitative estimate of drug-likeness (QED) is 0.800. The molecule has 0 aliphatic carbocycles. The fraction of sp³-hybridized carbons (Fsp3) is 0.350. The molecule has 1 amide bonds. The molecular formula is C20H24N2O3. The van der Waals surface area contributed by atoms with Crippen molar-refractivity contribution in [2.24, 2.45) is 0 Å². The number of likely N-dealkylation sites (tertiary alicyclic amines) is 1. The zero-order valence-electron chi connectivity index (χ0n) is 14.4. The zero-order chi connectivity index (χ0) is 17.8. The van der Waals surface area contributed by atoms with Crippen molar-refractivity contribution >= 4 is 11.6 Å². The van der Waals surface area contributed by atoms with E-state index in [9.17, 15) is 15.0 Å². The lowest BCUT2D eigenvalue weighted by molar-refractivity contribution is 0.0793. The van der Waals surface area contributed by atoms with E-state index in [0.29, 0.717) is 5.56 Å². The number of anilines is 1. The van der Waals surface area contributed by atoms with Crippen LogP contribution in [0.5, 0.6) is 5.75 Å². The minimum atomic E-state index is -0.236. The first-order chi connectivity index (χ1) is 12.0. The standard InChI is InChI=1S/C20H24N2O3/c1-14-10-16(12-18(24)11-14)20(25)21-19-5-3-2-4-15(19)13-22-8-6-17(23)7-9-22/h2-5,10-12,17,23-24H,6-9,13H2,1H3,(H,21,25). The zero-order valence-corrected chi connectivity index (χ0v) is 14.4. The van der Waals surface area contributed by atoms with Gasteiger partial charge in [-0.25, -0.2) is 0 Å². The molecule has 0 bridgehead atoms. The topological polar surface area (TPSA) is 72.8 Å². The highest BCUT2D eigenvalue weighted by Crippen LogP contribution is 2.22. The second-order valence-corrected chi connectivity index (χ2v) is 6.68. The van der Waals surface area contributed by atoms with E-state index in [4.69, 9.17) is 0 Å². The highest BCUT2D eigenvalue weighted by molar-refractivity contribution is 6.05. The molecule has 1 heterocycles. The Bertz CT molecular complexity index is 732. The van der Waals surface area contributed by atoms with E-state index in [2.05, 4.69) is 10.2 Å². The Labute approximate surface area is 147 Å². The maximum atomic E-state index is 12.5. The van der Waals surface area contributed by atoms with E-state index in [1.54, 1.807) is 12.1 Å². The molecule has 0 atom stereocenters. The van der Waals surface area contributed by atoms with Crippen LogP contribution in [0.3, 0.4) is 0 Å². The third-order valence-corrected chi connectivity index (χ3v) is 4.54. The monoisotopic (exact) mass is 340 g/mol. The maximum Gasteiger partial charge on any atom is 0.255 e. The fourth-order valence-electron chi connectivity index (χ4n) is 3.19. The Morgan fingerprint density at radius 2 is 1.92 bits per heavy atom. The highest BCUT2D eigenvalue weighted by atomic mass is 16.3. The predicted octanol–water partition coefficient (Wildman–Crippen LogP) is 2.91. The van der Waals surface area contributed by atoms with Crippen molar-refractivity contribution in [3.63, 3.8) is 0 Å². The summed E-state index contributed by atoms with van der Waals surface area (Å²) in [6.07, 6.45) is 1.38. The van der Waals surface area contributed by atoms with E-state index in [0.717, 1.165) is 49.3 Å². The molecule has 1 saturated heterocycles. The van der Waals surface area contributed by atoms with Crippen LogP contribution in [0, 0.1) is 6.92 Å². The van der Waals surface area contributed by atoms with Gasteiger partial charge in [0.1, 0.15) is 5.75 Å². The molecule has 5 heteroatoms. The molecule has 3 rings (SSSR count). The molecule has 25 heavy (non-hydrogen) atoms. The predicted molar refractivity (Wildman–Crippen MR) is 97.8 cm³/mol. The number of hydrogen-bond donors (Lipinski definition) is 3. The lowest BCUT2D eigenvalue weighted by Crippen LogP contribution is -2.35. The van der Waals surface area contributed by atoms with Gasteiger partial charge < -0.3 is 15.5 Å². The molecule has 1 fully saturated rings. The molecular weight excluding hydrogens is 316 g/mol. The third-order valence-electron chi connectivity index (χ3n) is 4.54. The first kappa shape index (κ1) is 17.5. The number of para-hydroxylation sites is 1. The Hall–Kier alpha value is -2.37. The van der Waals surface area contributed by atoms with Crippen LogP contribution in [-0.4, -0.2) is 40.2 Å². The summed E-state index contributed by atoms with van der Waals surface area (Å²) in [5.74, 6) is -0.147. The minimum absolute atomic E-state index is 0.0882. The third kappa shape index (κ3) is 4.59. The van der Waals surface area contributed by atoms with Gasteiger partial charge >= 0.3 is 0 Å². The number of aryl methyl sites for hydroxylation is 1. The van der Waals surface area contributed by atoms with Gasteiger partial charge in [0.2, 0.25) is 0 Å². The number of piperidine rings is 1. The van der Waals surface area contributed by atoms with E-state index in [1.807, 2.05) is 31.2 Å². The number of benzene rings is 2. The van der Waals surface area contributed by atoms with E-state index in [-0.39, 0.29) is 17.8 Å². The van der Waals surface area contributed by atoms with Gasteiger partial charge in [-0.05, 0) is 55.2 Å². The van der Waals surface area contributed by atoms with Gasteiger partial charge in [-0.15, -0.1) is 0 Å². The fourth-order valence-corrected chi connectivity index (χ4v) is 3.19. The number of aliphatic hydroxyl groups excluding tert-OH is 1. The van der Waals surface area contributed by atoms with Crippen LogP contribution in [0.2, 0.25) is 0 Å². The summed E-state index contributed by atoms with van der Waals surface area (Å²) in [5, 5.41) is 22.3. The van der Waals surface area contributed by atoms with Crippen molar-refractivity contribution in [1.82, 2.24) is 4.90 Å². The summed E-state index contributed by atoms with van der Waals surface area (Å²) in [5.41, 5.74) is 3.10. The number of nitrogens with zero attached hydrogens (tertiary/aromatic N) is 1. The van der Waals surface area contributed by atoms with Crippen molar-refractivity contribution < 1.29 is 15.0 Å². The van der Waals surface area contributed by atoms with E-state index >= 15 is 0 Å². The summed E-state index contributed by atoms with van der Waals surface area (Å²) in [4.78, 5) is 14.8. The van der Waals surface area contributed by atoms with Crippen LogP contribution < -0.4 is 5.32 Å². The van der Waals surface area contributed by atoms with Crippen LogP contribution in [-0.2, 0) is 6.54 Å². The van der Waals surface area contributed by atoms with Gasteiger partial charge in [0.05, 0.1) is 6.10 Å². The number of phenolic OH excluding ortho intramolecular Hbond substituents is 1. The van der Waals surface area contributed by atoms with Crippen LogP contribution >= 0.6 is 0 Å². The Morgan fingerprint density at radius 3 is 2.64 bits per heavy atom. The number of carbonyl (C=O) groups is 1. The summed E-state index contributed by atoms with van der Waals surface area (Å²) in [6, 6.07) is 12.6. The summed E-state index contributed by atoms with van der Waals surface area (Å²) in [7, 11) is 0. The lowest BCUT2D eigenvalue weighted by Gasteiger charge is -2.30. The molecule has 5 nitrogen and oxygen atoms in total. The van der Waals surface area contributed by atoms with E-state index < -0.39 is 0 Å². The number of aliphatic hydroxyl groups is 1. The van der Waals surface area contributed by atoms with E-state index in [1.165, 1.54) is 6.07 Å². The minimum Gasteiger partial charge on any atom is -0.508 e. The van der Waals surface area contributed by atoms with Crippen molar-refractivity contribution in [3.05, 3.63) is 59.2 Å². The molecule has 0 saturated carbocycles. The first-order valence-corrected chi connectivity index (χ1v) is 8.61. The number of carbonyl (C=O) groups excluding carboxylic acids is 1. The van der Waals surface area contributed by atoms with Crippen LogP contribution in [0.15, 0.2) is 42.5 Å². The van der Waals surface area contributed by atoms with Gasteiger partial charge in [0, 0.05) is 30.9 Å². The first-order valence-electron chi connectivity index (χ1n) is 8.61. The molecule has 1 aliphatic heterocycles. The lowest BCUT2D eigenvalue weighted by atomic mass is 10.1.